The molecule has 3 fully saturated rings. The second-order valence-corrected chi connectivity index (χ2v) is 9.05. The van der Waals surface area contributed by atoms with Gasteiger partial charge < -0.3 is 9.84 Å². The summed E-state index contributed by atoms with van der Waals surface area (Å²) in [5.74, 6) is 2.00. The first-order valence-electron chi connectivity index (χ1n) is 9.89. The number of aryl methyl sites for hydroxylation is 1. The summed E-state index contributed by atoms with van der Waals surface area (Å²) in [5.41, 5.74) is 3.38. The van der Waals surface area contributed by atoms with E-state index in [0.717, 1.165) is 50.3 Å². The number of rotatable bonds is 2. The van der Waals surface area contributed by atoms with E-state index >= 15 is 0 Å². The molecule has 1 aromatic carbocycles. The van der Waals surface area contributed by atoms with Gasteiger partial charge in [0.1, 0.15) is 11.9 Å². The van der Waals surface area contributed by atoms with Crippen LogP contribution in [0, 0.1) is 12.8 Å². The molecule has 1 spiro atoms. The van der Waals surface area contributed by atoms with Gasteiger partial charge in [0.2, 0.25) is 0 Å². The van der Waals surface area contributed by atoms with Crippen molar-refractivity contribution in [3.05, 3.63) is 28.8 Å². The maximum absolute atomic E-state index is 12.1. The van der Waals surface area contributed by atoms with Crippen molar-refractivity contribution >= 4 is 0 Å². The Labute approximate surface area is 144 Å². The molecule has 1 aromatic rings. The normalized spacial score (nSPS) is 42.6. The standard InChI is InChI=1S/C21H27NO2/c1-13-4-7-15-11-16-21(23)8-2-3-17-20(21,18(15)19(13)24-17)9-10-22(16)12-14-5-6-14/h4,7,14,16-17,23H,2-3,5-6,8-12H2,1H3/t16-,17+,20-,21-/m1/s1. The smallest absolute Gasteiger partial charge is 0.126 e. The van der Waals surface area contributed by atoms with E-state index in [2.05, 4.69) is 24.0 Å². The number of nitrogens with zero attached hydrogens (tertiary/aromatic N) is 1. The van der Waals surface area contributed by atoms with E-state index in [1.807, 2.05) is 0 Å². The predicted molar refractivity (Wildman–Crippen MR) is 92.5 cm³/mol. The third-order valence-electron chi connectivity index (χ3n) is 7.88. The molecule has 6 rings (SSSR count). The lowest BCUT2D eigenvalue weighted by Crippen LogP contribution is -2.75. The van der Waals surface area contributed by atoms with E-state index < -0.39 is 5.60 Å². The summed E-state index contributed by atoms with van der Waals surface area (Å²) in [6.07, 6.45) is 8.19. The third kappa shape index (κ3) is 1.48. The highest BCUT2D eigenvalue weighted by molar-refractivity contribution is 5.59. The fourth-order valence-electron chi connectivity index (χ4n) is 6.62. The molecule has 0 aromatic heterocycles. The minimum Gasteiger partial charge on any atom is -0.489 e. The number of aliphatic hydroxyl groups is 1. The number of ether oxygens (including phenoxy) is 1. The molecule has 2 bridgehead atoms. The van der Waals surface area contributed by atoms with E-state index in [4.69, 9.17) is 4.74 Å². The molecule has 4 atom stereocenters. The molecule has 0 radical (unpaired) electrons. The SMILES string of the molecule is Cc1ccc2c3c1O[C@H]1CCC[C@@]4(O)[C@@H](C2)N(CC2CC2)CC[C@]314. The summed E-state index contributed by atoms with van der Waals surface area (Å²) < 4.78 is 6.52. The first-order valence-corrected chi connectivity index (χ1v) is 9.89. The summed E-state index contributed by atoms with van der Waals surface area (Å²) in [6.45, 7) is 4.50. The second kappa shape index (κ2) is 4.37. The zero-order valence-corrected chi connectivity index (χ0v) is 14.6. The van der Waals surface area contributed by atoms with E-state index in [1.165, 1.54) is 36.1 Å². The first-order chi connectivity index (χ1) is 11.6. The zero-order chi connectivity index (χ0) is 16.1. The Balaban J connectivity index is 1.56. The lowest BCUT2D eigenvalue weighted by molar-refractivity contribution is -0.185. The third-order valence-corrected chi connectivity index (χ3v) is 7.88. The zero-order valence-electron chi connectivity index (χ0n) is 14.6. The number of hydrogen-bond donors (Lipinski definition) is 1. The first kappa shape index (κ1) is 14.1. The largest absolute Gasteiger partial charge is 0.489 e. The Kier molecular flexibility index (Phi) is 2.57. The van der Waals surface area contributed by atoms with Crippen molar-refractivity contribution in [2.24, 2.45) is 5.92 Å². The molecule has 3 nitrogen and oxygen atoms in total. The van der Waals surface area contributed by atoms with Crippen LogP contribution in [-0.2, 0) is 11.8 Å². The van der Waals surface area contributed by atoms with Crippen molar-refractivity contribution in [1.82, 2.24) is 4.90 Å². The number of hydrogen-bond acceptors (Lipinski definition) is 3. The van der Waals surface area contributed by atoms with Crippen LogP contribution in [0.25, 0.3) is 0 Å². The van der Waals surface area contributed by atoms with Gasteiger partial charge in [-0.25, -0.2) is 0 Å². The highest BCUT2D eigenvalue weighted by Gasteiger charge is 2.70. The molecule has 3 heteroatoms. The van der Waals surface area contributed by atoms with E-state index in [1.54, 1.807) is 0 Å². The average molecular weight is 325 g/mol. The molecule has 0 unspecified atom stereocenters. The lowest BCUT2D eigenvalue weighted by atomic mass is 9.49. The Bertz CT molecular complexity index is 727. The summed E-state index contributed by atoms with van der Waals surface area (Å²) in [7, 11) is 0. The van der Waals surface area contributed by atoms with Gasteiger partial charge in [-0.3, -0.25) is 4.90 Å². The van der Waals surface area contributed by atoms with Gasteiger partial charge in [0.25, 0.3) is 0 Å². The molecule has 3 aliphatic carbocycles. The van der Waals surface area contributed by atoms with Crippen molar-refractivity contribution in [3.8, 4) is 5.75 Å². The summed E-state index contributed by atoms with van der Waals surface area (Å²) >= 11 is 0. The van der Waals surface area contributed by atoms with Gasteiger partial charge in [0, 0.05) is 18.2 Å². The maximum Gasteiger partial charge on any atom is 0.126 e. The average Bonchev–Trinajstić information content (AvgIpc) is 3.30. The number of benzene rings is 1. The number of likely N-dealkylation sites (tertiary alicyclic amines) is 1. The monoisotopic (exact) mass is 325 g/mol. The van der Waals surface area contributed by atoms with Crippen molar-refractivity contribution in [2.75, 3.05) is 13.1 Å². The summed E-state index contributed by atoms with van der Waals surface area (Å²) in [5, 5.41) is 12.1. The van der Waals surface area contributed by atoms with Gasteiger partial charge in [-0.1, -0.05) is 12.1 Å². The molecule has 2 saturated carbocycles. The molecular formula is C21H27NO2. The Hall–Kier alpha value is -1.06. The lowest BCUT2D eigenvalue weighted by Gasteiger charge is -2.63. The predicted octanol–water partition coefficient (Wildman–Crippen LogP) is 2.95. The van der Waals surface area contributed by atoms with Gasteiger partial charge in [-0.2, -0.15) is 0 Å². The van der Waals surface area contributed by atoms with Crippen LogP contribution in [0.3, 0.4) is 0 Å². The molecule has 24 heavy (non-hydrogen) atoms. The van der Waals surface area contributed by atoms with Crippen LogP contribution in [0.4, 0.5) is 0 Å². The van der Waals surface area contributed by atoms with E-state index in [9.17, 15) is 5.11 Å². The summed E-state index contributed by atoms with van der Waals surface area (Å²) in [4.78, 5) is 2.64. The Morgan fingerprint density at radius 1 is 1.25 bits per heavy atom. The van der Waals surface area contributed by atoms with E-state index in [0.29, 0.717) is 6.04 Å². The second-order valence-electron chi connectivity index (χ2n) is 9.05. The van der Waals surface area contributed by atoms with Gasteiger partial charge in [0.15, 0.2) is 0 Å². The van der Waals surface area contributed by atoms with Crippen LogP contribution in [-0.4, -0.2) is 40.8 Å². The molecule has 2 aliphatic heterocycles. The fourth-order valence-corrected chi connectivity index (χ4v) is 6.62. The highest BCUT2D eigenvalue weighted by Crippen LogP contribution is 2.64. The quantitative estimate of drug-likeness (QED) is 0.907. The Morgan fingerprint density at radius 3 is 2.96 bits per heavy atom. The van der Waals surface area contributed by atoms with Gasteiger partial charge in [-0.15, -0.1) is 0 Å². The summed E-state index contributed by atoms with van der Waals surface area (Å²) in [6, 6.07) is 4.84. The van der Waals surface area contributed by atoms with E-state index in [-0.39, 0.29) is 11.5 Å². The van der Waals surface area contributed by atoms with Crippen LogP contribution >= 0.6 is 0 Å². The molecule has 2 heterocycles. The van der Waals surface area contributed by atoms with Gasteiger partial charge in [-0.05, 0) is 75.5 Å². The van der Waals surface area contributed by atoms with Crippen LogP contribution in [0.15, 0.2) is 12.1 Å². The fraction of sp³-hybridized carbons (Fsp3) is 0.714. The van der Waals surface area contributed by atoms with Crippen molar-refractivity contribution in [3.63, 3.8) is 0 Å². The molecular weight excluding hydrogens is 298 g/mol. The molecule has 0 amide bonds. The minimum atomic E-state index is -0.588. The number of piperidine rings is 1. The van der Waals surface area contributed by atoms with Crippen molar-refractivity contribution in [2.45, 2.75) is 75.0 Å². The van der Waals surface area contributed by atoms with Crippen LogP contribution in [0.5, 0.6) is 5.75 Å². The molecule has 128 valence electrons. The van der Waals surface area contributed by atoms with Gasteiger partial charge in [0.05, 0.1) is 11.0 Å². The van der Waals surface area contributed by atoms with Crippen molar-refractivity contribution in [1.29, 1.82) is 0 Å². The van der Waals surface area contributed by atoms with Crippen LogP contribution < -0.4 is 4.74 Å². The van der Waals surface area contributed by atoms with Gasteiger partial charge >= 0.3 is 0 Å². The van der Waals surface area contributed by atoms with Crippen molar-refractivity contribution < 1.29 is 9.84 Å². The molecule has 5 aliphatic rings. The molecule has 1 N–H and O–H groups in total. The highest BCUT2D eigenvalue weighted by atomic mass is 16.5. The Morgan fingerprint density at radius 2 is 2.12 bits per heavy atom. The topological polar surface area (TPSA) is 32.7 Å². The maximum atomic E-state index is 12.1. The molecule has 1 saturated heterocycles. The van der Waals surface area contributed by atoms with Crippen LogP contribution in [0.2, 0.25) is 0 Å². The minimum absolute atomic E-state index is 0.134. The van der Waals surface area contributed by atoms with Crippen LogP contribution in [0.1, 0.15) is 55.2 Å².